The monoisotopic (exact) mass is 411 g/mol. The molecular weight excluding hydrogens is 390 g/mol. The lowest BCUT2D eigenvalue weighted by Crippen LogP contribution is -2.12. The summed E-state index contributed by atoms with van der Waals surface area (Å²) in [5.41, 5.74) is 4.87. The minimum atomic E-state index is -0.244. The first-order valence-electron chi connectivity index (χ1n) is 9.18. The number of hydrogen-bond donors (Lipinski definition) is 1. The highest BCUT2D eigenvalue weighted by atomic mass is 35.5. The first-order valence-corrected chi connectivity index (χ1v) is 9.56. The summed E-state index contributed by atoms with van der Waals surface area (Å²) in [6, 6.07) is 14.2. The lowest BCUT2D eigenvalue weighted by Gasteiger charge is -2.08. The zero-order chi connectivity index (χ0) is 21.0. The Morgan fingerprint density at radius 1 is 1.14 bits per heavy atom. The van der Waals surface area contributed by atoms with E-state index in [2.05, 4.69) is 10.4 Å². The van der Waals surface area contributed by atoms with Crippen LogP contribution in [0.2, 0.25) is 5.02 Å². The van der Waals surface area contributed by atoms with E-state index >= 15 is 0 Å². The second-order valence-corrected chi connectivity index (χ2v) is 7.09. The molecule has 1 N–H and O–H groups in total. The number of aromatic nitrogens is 2. The van der Waals surface area contributed by atoms with Crippen molar-refractivity contribution in [1.29, 1.82) is 0 Å². The first kappa shape index (κ1) is 20.6. The van der Waals surface area contributed by atoms with Crippen LogP contribution in [0.1, 0.15) is 33.7 Å². The number of hydrogen-bond acceptors (Lipinski definition) is 4. The van der Waals surface area contributed by atoms with E-state index in [9.17, 15) is 9.59 Å². The number of esters is 1. The number of halogens is 1. The number of ether oxygens (including phenoxy) is 1. The predicted molar refractivity (Wildman–Crippen MR) is 113 cm³/mol. The summed E-state index contributed by atoms with van der Waals surface area (Å²) in [7, 11) is 1.38. The molecular formula is C22H22ClN3O3. The number of rotatable bonds is 6. The molecule has 29 heavy (non-hydrogen) atoms. The van der Waals surface area contributed by atoms with Gasteiger partial charge >= 0.3 is 5.97 Å². The molecule has 0 fully saturated rings. The molecule has 0 spiro atoms. The van der Waals surface area contributed by atoms with Crippen LogP contribution in [0, 0.1) is 13.8 Å². The van der Waals surface area contributed by atoms with Crippen molar-refractivity contribution < 1.29 is 14.3 Å². The number of amides is 1. The van der Waals surface area contributed by atoms with Crippen LogP contribution in [0.3, 0.4) is 0 Å². The molecule has 0 saturated carbocycles. The van der Waals surface area contributed by atoms with Gasteiger partial charge in [0.15, 0.2) is 0 Å². The van der Waals surface area contributed by atoms with E-state index < -0.39 is 0 Å². The second kappa shape index (κ2) is 8.92. The Kier molecular flexibility index (Phi) is 6.34. The largest absolute Gasteiger partial charge is 0.469 e. The zero-order valence-corrected chi connectivity index (χ0v) is 17.3. The summed E-state index contributed by atoms with van der Waals surface area (Å²) in [5, 5.41) is 7.97. The van der Waals surface area contributed by atoms with Crippen molar-refractivity contribution in [3.63, 3.8) is 0 Å². The number of nitrogens with one attached hydrogen (secondary N) is 1. The summed E-state index contributed by atoms with van der Waals surface area (Å²) in [6.45, 7) is 3.88. The Bertz CT molecular complexity index is 1040. The van der Waals surface area contributed by atoms with E-state index in [0.717, 1.165) is 22.6 Å². The predicted octanol–water partition coefficient (Wildman–Crippen LogP) is 4.50. The lowest BCUT2D eigenvalue weighted by molar-refractivity contribution is -0.140. The molecule has 0 radical (unpaired) electrons. The molecule has 0 bridgehead atoms. The Hall–Kier alpha value is -3.12. The Morgan fingerprint density at radius 2 is 1.86 bits per heavy atom. The maximum absolute atomic E-state index is 12.5. The quantitative estimate of drug-likeness (QED) is 0.606. The van der Waals surface area contributed by atoms with Gasteiger partial charge in [-0.25, -0.2) is 4.68 Å². The highest BCUT2D eigenvalue weighted by molar-refractivity contribution is 6.30. The number of carbonyl (C=O) groups excluding carboxylic acids is 2. The number of nitrogens with zero attached hydrogens (tertiary/aromatic N) is 2. The number of methoxy groups -OCH3 is 1. The molecule has 0 aliphatic carbocycles. The van der Waals surface area contributed by atoms with Crippen LogP contribution in [-0.4, -0.2) is 28.8 Å². The fourth-order valence-electron chi connectivity index (χ4n) is 3.14. The molecule has 1 aromatic heterocycles. The standard InChI is InChI=1S/C22H22ClN3O3/c1-14-20(11-12-21(27)29-3)15(2)26(25-14)19-9-7-16(8-10-19)22(28)24-18-6-4-5-17(23)13-18/h4-10,13H,11-12H2,1-3H3,(H,24,28). The molecule has 1 heterocycles. The van der Waals surface area contributed by atoms with E-state index in [1.54, 1.807) is 36.4 Å². The number of anilines is 1. The Morgan fingerprint density at radius 3 is 2.52 bits per heavy atom. The van der Waals surface area contributed by atoms with Crippen molar-refractivity contribution in [1.82, 2.24) is 9.78 Å². The summed E-state index contributed by atoms with van der Waals surface area (Å²) < 4.78 is 6.54. The van der Waals surface area contributed by atoms with Crippen LogP contribution >= 0.6 is 11.6 Å². The average molecular weight is 412 g/mol. The van der Waals surface area contributed by atoms with Crippen LogP contribution in [0.25, 0.3) is 5.69 Å². The van der Waals surface area contributed by atoms with Gasteiger partial charge in [-0.05, 0) is 68.3 Å². The first-order chi connectivity index (χ1) is 13.9. The maximum atomic E-state index is 12.5. The summed E-state index contributed by atoms with van der Waals surface area (Å²) in [6.07, 6.45) is 0.886. The molecule has 7 heteroatoms. The van der Waals surface area contributed by atoms with E-state index in [-0.39, 0.29) is 11.9 Å². The zero-order valence-electron chi connectivity index (χ0n) is 16.5. The second-order valence-electron chi connectivity index (χ2n) is 6.65. The minimum Gasteiger partial charge on any atom is -0.469 e. The van der Waals surface area contributed by atoms with Crippen molar-refractivity contribution in [2.75, 3.05) is 12.4 Å². The van der Waals surface area contributed by atoms with Crippen molar-refractivity contribution in [2.24, 2.45) is 0 Å². The molecule has 0 atom stereocenters. The smallest absolute Gasteiger partial charge is 0.305 e. The van der Waals surface area contributed by atoms with E-state index in [4.69, 9.17) is 16.3 Å². The van der Waals surface area contributed by atoms with E-state index in [1.165, 1.54) is 7.11 Å². The molecule has 2 aromatic carbocycles. The number of carbonyl (C=O) groups is 2. The normalized spacial score (nSPS) is 10.6. The summed E-state index contributed by atoms with van der Waals surface area (Å²) in [4.78, 5) is 23.9. The Balaban J connectivity index is 1.76. The van der Waals surface area contributed by atoms with Crippen LogP contribution in [0.4, 0.5) is 5.69 Å². The molecule has 0 unspecified atom stereocenters. The number of benzene rings is 2. The summed E-state index contributed by atoms with van der Waals surface area (Å²) in [5.74, 6) is -0.461. The molecule has 0 aliphatic heterocycles. The molecule has 0 saturated heterocycles. The molecule has 6 nitrogen and oxygen atoms in total. The van der Waals surface area contributed by atoms with Gasteiger partial charge in [0, 0.05) is 28.4 Å². The van der Waals surface area contributed by atoms with E-state index in [1.807, 2.05) is 30.7 Å². The lowest BCUT2D eigenvalue weighted by atomic mass is 10.1. The van der Waals surface area contributed by atoms with Crippen LogP contribution in [0.15, 0.2) is 48.5 Å². The highest BCUT2D eigenvalue weighted by Crippen LogP contribution is 2.21. The molecule has 3 aromatic rings. The van der Waals surface area contributed by atoms with Crippen LogP contribution in [0.5, 0.6) is 0 Å². The third kappa shape index (κ3) is 4.84. The fourth-order valence-corrected chi connectivity index (χ4v) is 3.33. The minimum absolute atomic E-state index is 0.217. The maximum Gasteiger partial charge on any atom is 0.305 e. The van der Waals surface area contributed by atoms with Crippen molar-refractivity contribution in [3.8, 4) is 5.69 Å². The highest BCUT2D eigenvalue weighted by Gasteiger charge is 2.15. The number of aryl methyl sites for hydroxylation is 1. The van der Waals surface area contributed by atoms with Gasteiger partial charge in [-0.15, -0.1) is 0 Å². The van der Waals surface area contributed by atoms with Gasteiger partial charge < -0.3 is 10.1 Å². The fraction of sp³-hybridized carbons (Fsp3) is 0.227. The Labute approximate surface area is 174 Å². The van der Waals surface area contributed by atoms with Crippen LogP contribution in [-0.2, 0) is 16.0 Å². The van der Waals surface area contributed by atoms with Crippen LogP contribution < -0.4 is 5.32 Å². The van der Waals surface area contributed by atoms with Gasteiger partial charge in [0.25, 0.3) is 5.91 Å². The van der Waals surface area contributed by atoms with Crippen molar-refractivity contribution in [3.05, 3.63) is 76.1 Å². The molecule has 150 valence electrons. The molecule has 1 amide bonds. The molecule has 0 aliphatic rings. The van der Waals surface area contributed by atoms with Crippen molar-refractivity contribution >= 4 is 29.2 Å². The molecule has 3 rings (SSSR count). The van der Waals surface area contributed by atoms with Gasteiger partial charge in [-0.1, -0.05) is 17.7 Å². The van der Waals surface area contributed by atoms with Gasteiger partial charge in [-0.3, -0.25) is 9.59 Å². The summed E-state index contributed by atoms with van der Waals surface area (Å²) >= 11 is 5.95. The SMILES string of the molecule is COC(=O)CCc1c(C)nn(-c2ccc(C(=O)Nc3cccc(Cl)c3)cc2)c1C. The van der Waals surface area contributed by atoms with Gasteiger partial charge in [0.1, 0.15) is 0 Å². The van der Waals surface area contributed by atoms with Crippen molar-refractivity contribution in [2.45, 2.75) is 26.7 Å². The van der Waals surface area contributed by atoms with Gasteiger partial charge in [0.2, 0.25) is 0 Å². The average Bonchev–Trinajstić information content (AvgIpc) is 2.99. The third-order valence-electron chi connectivity index (χ3n) is 4.70. The van der Waals surface area contributed by atoms with E-state index in [0.29, 0.717) is 29.1 Å². The topological polar surface area (TPSA) is 73.2 Å². The van der Waals surface area contributed by atoms with Gasteiger partial charge in [0.05, 0.1) is 18.5 Å². The third-order valence-corrected chi connectivity index (χ3v) is 4.94. The van der Waals surface area contributed by atoms with Gasteiger partial charge in [-0.2, -0.15) is 5.10 Å².